The van der Waals surface area contributed by atoms with Crippen LogP contribution < -0.4 is 0 Å². The predicted octanol–water partition coefficient (Wildman–Crippen LogP) is 1.52. The number of rotatable bonds is 0. The highest BCUT2D eigenvalue weighted by Gasteiger charge is 2.41. The van der Waals surface area contributed by atoms with E-state index in [4.69, 9.17) is 4.74 Å². The standard InChI is InChI=1S/C7H9IO2/c8-5-2-1-4-3-6(5)10-7(4)9/h4-6H,1-3H2/t4-,5-,6?/m1/s1. The smallest absolute Gasteiger partial charge is 0.309 e. The SMILES string of the molecule is O=C1OC2C[C@H]1CC[C@H]2I. The molecular formula is C7H9IO2. The highest BCUT2D eigenvalue weighted by atomic mass is 127. The summed E-state index contributed by atoms with van der Waals surface area (Å²) < 4.78 is 5.72. The highest BCUT2D eigenvalue weighted by Crippen LogP contribution is 2.37. The fourth-order valence-corrected chi connectivity index (χ4v) is 2.47. The lowest BCUT2D eigenvalue weighted by Crippen LogP contribution is -2.22. The van der Waals surface area contributed by atoms with Gasteiger partial charge in [-0.15, -0.1) is 0 Å². The lowest BCUT2D eigenvalue weighted by Gasteiger charge is -2.19. The topological polar surface area (TPSA) is 26.3 Å². The van der Waals surface area contributed by atoms with Gasteiger partial charge in [0.2, 0.25) is 0 Å². The molecule has 1 heterocycles. The average molecular weight is 252 g/mol. The van der Waals surface area contributed by atoms with E-state index in [0.29, 0.717) is 3.92 Å². The first kappa shape index (κ1) is 6.88. The van der Waals surface area contributed by atoms with Crippen LogP contribution in [-0.2, 0) is 9.53 Å². The number of esters is 1. The van der Waals surface area contributed by atoms with Gasteiger partial charge in [-0.25, -0.2) is 0 Å². The maximum Gasteiger partial charge on any atom is 0.309 e. The Hall–Kier alpha value is 0.200. The van der Waals surface area contributed by atoms with Gasteiger partial charge in [0.05, 0.1) is 5.92 Å². The molecule has 2 nitrogen and oxygen atoms in total. The van der Waals surface area contributed by atoms with Crippen molar-refractivity contribution >= 4 is 28.6 Å². The third-order valence-electron chi connectivity index (χ3n) is 2.31. The summed E-state index contributed by atoms with van der Waals surface area (Å²) in [5.74, 6) is 0.292. The highest BCUT2D eigenvalue weighted by molar-refractivity contribution is 14.1. The van der Waals surface area contributed by atoms with Crippen LogP contribution >= 0.6 is 22.6 Å². The number of halogens is 1. The quantitative estimate of drug-likeness (QED) is 0.371. The Bertz CT molecular complexity index is 169. The number of carbonyl (C=O) groups excluding carboxylic acids is 1. The summed E-state index contributed by atoms with van der Waals surface area (Å²) in [6, 6.07) is 0. The van der Waals surface area contributed by atoms with Gasteiger partial charge in [0.25, 0.3) is 0 Å². The molecule has 0 spiro atoms. The lowest BCUT2D eigenvalue weighted by molar-refractivity contribution is -0.143. The third-order valence-corrected chi connectivity index (χ3v) is 3.74. The molecule has 10 heavy (non-hydrogen) atoms. The van der Waals surface area contributed by atoms with Crippen molar-refractivity contribution in [2.24, 2.45) is 5.92 Å². The first-order valence-corrected chi connectivity index (χ1v) is 4.86. The second-order valence-corrected chi connectivity index (χ2v) is 4.60. The minimum atomic E-state index is 0.0455. The van der Waals surface area contributed by atoms with E-state index in [0.717, 1.165) is 19.3 Å². The summed E-state index contributed by atoms with van der Waals surface area (Å²) in [5, 5.41) is 0. The number of carbonyl (C=O) groups is 1. The zero-order chi connectivity index (χ0) is 7.14. The predicted molar refractivity (Wildman–Crippen MR) is 45.0 cm³/mol. The van der Waals surface area contributed by atoms with Crippen LogP contribution in [0.15, 0.2) is 0 Å². The lowest BCUT2D eigenvalue weighted by atomic mass is 9.90. The van der Waals surface area contributed by atoms with Crippen molar-refractivity contribution in [1.82, 2.24) is 0 Å². The summed E-state index contributed by atoms with van der Waals surface area (Å²) >= 11 is 2.38. The molecule has 2 aliphatic rings. The van der Waals surface area contributed by atoms with E-state index in [-0.39, 0.29) is 18.0 Å². The maximum absolute atomic E-state index is 11.0. The fourth-order valence-electron chi connectivity index (χ4n) is 1.67. The van der Waals surface area contributed by atoms with Crippen LogP contribution in [0.25, 0.3) is 0 Å². The van der Waals surface area contributed by atoms with Gasteiger partial charge in [-0.05, 0) is 19.3 Å². The van der Waals surface area contributed by atoms with Gasteiger partial charge in [-0.1, -0.05) is 22.6 Å². The van der Waals surface area contributed by atoms with Crippen molar-refractivity contribution in [3.05, 3.63) is 0 Å². The molecule has 0 aromatic rings. The number of alkyl halides is 1. The van der Waals surface area contributed by atoms with Crippen molar-refractivity contribution in [2.45, 2.75) is 29.3 Å². The van der Waals surface area contributed by atoms with Crippen LogP contribution in [0.4, 0.5) is 0 Å². The molecular weight excluding hydrogens is 243 g/mol. The molecule has 2 bridgehead atoms. The van der Waals surface area contributed by atoms with Gasteiger partial charge < -0.3 is 4.74 Å². The van der Waals surface area contributed by atoms with Crippen molar-refractivity contribution in [3.8, 4) is 0 Å². The minimum Gasteiger partial charge on any atom is -0.461 e. The second-order valence-electron chi connectivity index (χ2n) is 3.00. The first-order chi connectivity index (χ1) is 4.77. The molecule has 1 aliphatic carbocycles. The van der Waals surface area contributed by atoms with E-state index in [1.54, 1.807) is 0 Å². The van der Waals surface area contributed by atoms with Crippen LogP contribution in [0.2, 0.25) is 0 Å². The Morgan fingerprint density at radius 1 is 1.50 bits per heavy atom. The molecule has 3 heteroatoms. The monoisotopic (exact) mass is 252 g/mol. The Labute approximate surface area is 73.5 Å². The number of hydrogen-bond acceptors (Lipinski definition) is 2. The molecule has 2 fully saturated rings. The summed E-state index contributed by atoms with van der Waals surface area (Å²) in [6.45, 7) is 0. The zero-order valence-corrected chi connectivity index (χ0v) is 7.71. The molecule has 0 N–H and O–H groups in total. The van der Waals surface area contributed by atoms with E-state index < -0.39 is 0 Å². The van der Waals surface area contributed by atoms with Gasteiger partial charge in [-0.2, -0.15) is 0 Å². The molecule has 2 rings (SSSR count). The summed E-state index contributed by atoms with van der Waals surface area (Å²) in [7, 11) is 0. The number of ether oxygens (including phenoxy) is 1. The Morgan fingerprint density at radius 2 is 2.30 bits per heavy atom. The molecule has 56 valence electrons. The number of fused-ring (bicyclic) bond motifs is 2. The van der Waals surface area contributed by atoms with Gasteiger partial charge in [0.15, 0.2) is 0 Å². The Morgan fingerprint density at radius 3 is 3.00 bits per heavy atom. The second kappa shape index (κ2) is 2.36. The molecule has 3 atom stereocenters. The normalized spacial score (nSPS) is 45.3. The van der Waals surface area contributed by atoms with Crippen LogP contribution in [0.3, 0.4) is 0 Å². The van der Waals surface area contributed by atoms with Crippen LogP contribution in [0.1, 0.15) is 19.3 Å². The van der Waals surface area contributed by atoms with E-state index in [1.165, 1.54) is 0 Å². The van der Waals surface area contributed by atoms with Crippen LogP contribution in [-0.4, -0.2) is 16.0 Å². The molecule has 0 aromatic heterocycles. The van der Waals surface area contributed by atoms with E-state index in [2.05, 4.69) is 22.6 Å². The van der Waals surface area contributed by atoms with Gasteiger partial charge in [0, 0.05) is 3.92 Å². The molecule has 1 aliphatic heterocycles. The van der Waals surface area contributed by atoms with Gasteiger partial charge >= 0.3 is 5.97 Å². The molecule has 0 aromatic carbocycles. The summed E-state index contributed by atoms with van der Waals surface area (Å²) in [6.07, 6.45) is 3.42. The molecule has 0 amide bonds. The van der Waals surface area contributed by atoms with Crippen LogP contribution in [0.5, 0.6) is 0 Å². The molecule has 1 saturated heterocycles. The van der Waals surface area contributed by atoms with E-state index in [1.807, 2.05) is 0 Å². The average Bonchev–Trinajstić information content (AvgIpc) is 2.21. The van der Waals surface area contributed by atoms with Crippen molar-refractivity contribution in [2.75, 3.05) is 0 Å². The van der Waals surface area contributed by atoms with E-state index in [9.17, 15) is 4.79 Å². The Kier molecular flexibility index (Phi) is 1.62. The Balaban J connectivity index is 2.15. The van der Waals surface area contributed by atoms with Crippen molar-refractivity contribution in [3.63, 3.8) is 0 Å². The summed E-state index contributed by atoms with van der Waals surface area (Å²) in [5.41, 5.74) is 0. The molecule has 1 unspecified atom stereocenters. The number of hydrogen-bond donors (Lipinski definition) is 0. The van der Waals surface area contributed by atoms with Gasteiger partial charge in [0.1, 0.15) is 6.10 Å². The fraction of sp³-hybridized carbons (Fsp3) is 0.857. The van der Waals surface area contributed by atoms with E-state index >= 15 is 0 Å². The molecule has 0 radical (unpaired) electrons. The van der Waals surface area contributed by atoms with Crippen LogP contribution in [0, 0.1) is 5.92 Å². The molecule has 1 saturated carbocycles. The van der Waals surface area contributed by atoms with Crippen molar-refractivity contribution < 1.29 is 9.53 Å². The van der Waals surface area contributed by atoms with Gasteiger partial charge in [-0.3, -0.25) is 4.79 Å². The maximum atomic E-state index is 11.0. The minimum absolute atomic E-state index is 0.0455. The first-order valence-electron chi connectivity index (χ1n) is 3.62. The zero-order valence-electron chi connectivity index (χ0n) is 5.55. The third kappa shape index (κ3) is 0.946. The summed E-state index contributed by atoms with van der Waals surface area (Å²) in [4.78, 5) is 11.0. The largest absolute Gasteiger partial charge is 0.461 e. The van der Waals surface area contributed by atoms with Crippen molar-refractivity contribution in [1.29, 1.82) is 0 Å².